The maximum Gasteiger partial charge on any atom is 0.150 e. The molecule has 0 bridgehead atoms. The Morgan fingerprint density at radius 2 is 2.18 bits per heavy atom. The predicted molar refractivity (Wildman–Crippen MR) is 73.9 cm³/mol. The molecule has 0 unspecified atom stereocenters. The first-order valence-electron chi connectivity index (χ1n) is 5.51. The second kappa shape index (κ2) is 4.79. The third-order valence-electron chi connectivity index (χ3n) is 2.59. The van der Waals surface area contributed by atoms with Crippen molar-refractivity contribution in [3.63, 3.8) is 0 Å². The molecule has 0 amide bonds. The van der Waals surface area contributed by atoms with Crippen molar-refractivity contribution in [1.82, 2.24) is 9.66 Å². The molecule has 1 aromatic carbocycles. The predicted octanol–water partition coefficient (Wildman–Crippen LogP) is 2.56. The van der Waals surface area contributed by atoms with Crippen LogP contribution in [0.2, 0.25) is 0 Å². The van der Waals surface area contributed by atoms with Crippen molar-refractivity contribution in [3.05, 3.63) is 34.6 Å². The Morgan fingerprint density at radius 1 is 1.41 bits per heavy atom. The highest BCUT2D eigenvalue weighted by molar-refractivity contribution is 9.10. The van der Waals surface area contributed by atoms with Gasteiger partial charge in [-0.15, -0.1) is 0 Å². The summed E-state index contributed by atoms with van der Waals surface area (Å²) in [6.07, 6.45) is 1.82. The fourth-order valence-corrected chi connectivity index (χ4v) is 2.14. The highest BCUT2D eigenvalue weighted by atomic mass is 79.9. The average Bonchev–Trinajstić information content (AvgIpc) is 2.58. The molecule has 17 heavy (non-hydrogen) atoms. The monoisotopic (exact) mass is 294 g/mol. The molecule has 4 N–H and O–H groups in total. The number of imidazole rings is 1. The van der Waals surface area contributed by atoms with Gasteiger partial charge in [-0.25, -0.2) is 9.66 Å². The van der Waals surface area contributed by atoms with Gasteiger partial charge in [0.2, 0.25) is 0 Å². The van der Waals surface area contributed by atoms with Crippen LogP contribution < -0.4 is 11.6 Å². The van der Waals surface area contributed by atoms with Crippen molar-refractivity contribution in [1.29, 1.82) is 0 Å². The zero-order valence-corrected chi connectivity index (χ0v) is 11.2. The van der Waals surface area contributed by atoms with Gasteiger partial charge in [-0.2, -0.15) is 0 Å². The number of nitrogens with zero attached hydrogens (tertiary/aromatic N) is 2. The van der Waals surface area contributed by atoms with Crippen LogP contribution in [-0.4, -0.2) is 9.66 Å². The normalized spacial score (nSPS) is 10.7. The SMILES string of the molecule is CCCc1nc(-c2cccc(Br)c2)c(N)n1N. The van der Waals surface area contributed by atoms with E-state index in [9.17, 15) is 0 Å². The molecule has 0 spiro atoms. The van der Waals surface area contributed by atoms with Crippen LogP contribution in [0.3, 0.4) is 0 Å². The molecular formula is C12H15BrN4. The summed E-state index contributed by atoms with van der Waals surface area (Å²) in [6, 6.07) is 7.87. The molecule has 0 aliphatic carbocycles. The molecule has 5 heteroatoms. The fraction of sp³-hybridized carbons (Fsp3) is 0.250. The molecule has 0 atom stereocenters. The molecule has 0 fully saturated rings. The van der Waals surface area contributed by atoms with Crippen LogP contribution in [-0.2, 0) is 6.42 Å². The summed E-state index contributed by atoms with van der Waals surface area (Å²) in [6.45, 7) is 2.09. The van der Waals surface area contributed by atoms with Gasteiger partial charge in [0, 0.05) is 16.5 Å². The zero-order chi connectivity index (χ0) is 12.4. The second-order valence-corrected chi connectivity index (χ2v) is 4.81. The van der Waals surface area contributed by atoms with Gasteiger partial charge in [-0.3, -0.25) is 0 Å². The number of aryl methyl sites for hydroxylation is 1. The lowest BCUT2D eigenvalue weighted by atomic mass is 10.1. The number of aromatic nitrogens is 2. The topological polar surface area (TPSA) is 69.9 Å². The Kier molecular flexibility index (Phi) is 3.38. The van der Waals surface area contributed by atoms with E-state index >= 15 is 0 Å². The van der Waals surface area contributed by atoms with Crippen LogP contribution in [0.4, 0.5) is 5.82 Å². The van der Waals surface area contributed by atoms with E-state index < -0.39 is 0 Å². The first-order valence-corrected chi connectivity index (χ1v) is 6.31. The van der Waals surface area contributed by atoms with E-state index in [0.717, 1.165) is 34.4 Å². The van der Waals surface area contributed by atoms with Gasteiger partial charge in [0.25, 0.3) is 0 Å². The molecule has 1 heterocycles. The second-order valence-electron chi connectivity index (χ2n) is 3.89. The van der Waals surface area contributed by atoms with Gasteiger partial charge in [0.1, 0.15) is 11.5 Å². The minimum absolute atomic E-state index is 0.506. The maximum absolute atomic E-state index is 5.98. The highest BCUT2D eigenvalue weighted by Gasteiger charge is 2.13. The van der Waals surface area contributed by atoms with Gasteiger partial charge in [0.05, 0.1) is 0 Å². The van der Waals surface area contributed by atoms with Crippen LogP contribution in [0.15, 0.2) is 28.7 Å². The van der Waals surface area contributed by atoms with E-state index in [1.807, 2.05) is 24.3 Å². The minimum atomic E-state index is 0.506. The Hall–Kier alpha value is -1.49. The lowest BCUT2D eigenvalue weighted by Gasteiger charge is -2.01. The molecule has 1 aromatic heterocycles. The van der Waals surface area contributed by atoms with Crippen LogP contribution >= 0.6 is 15.9 Å². The molecule has 4 nitrogen and oxygen atoms in total. The van der Waals surface area contributed by atoms with Crippen LogP contribution in [0, 0.1) is 0 Å². The molecular weight excluding hydrogens is 280 g/mol. The summed E-state index contributed by atoms with van der Waals surface area (Å²) >= 11 is 3.43. The molecule has 2 aromatic rings. The van der Waals surface area contributed by atoms with Crippen LogP contribution in [0.5, 0.6) is 0 Å². The molecule has 0 aliphatic rings. The first-order chi connectivity index (χ1) is 8.13. The summed E-state index contributed by atoms with van der Waals surface area (Å²) in [5.41, 5.74) is 7.69. The summed E-state index contributed by atoms with van der Waals surface area (Å²) < 4.78 is 2.47. The van der Waals surface area contributed by atoms with Crippen molar-refractivity contribution < 1.29 is 0 Å². The number of hydrogen-bond acceptors (Lipinski definition) is 3. The summed E-state index contributed by atoms with van der Waals surface area (Å²) in [5, 5.41) is 0. The van der Waals surface area contributed by atoms with E-state index in [4.69, 9.17) is 11.6 Å². The fourth-order valence-electron chi connectivity index (χ4n) is 1.74. The molecule has 0 saturated heterocycles. The Morgan fingerprint density at radius 3 is 2.82 bits per heavy atom. The number of rotatable bonds is 3. The van der Waals surface area contributed by atoms with E-state index in [1.165, 1.54) is 4.68 Å². The lowest BCUT2D eigenvalue weighted by Crippen LogP contribution is -2.15. The van der Waals surface area contributed by atoms with E-state index in [0.29, 0.717) is 5.82 Å². The van der Waals surface area contributed by atoms with Crippen molar-refractivity contribution >= 4 is 21.7 Å². The van der Waals surface area contributed by atoms with Crippen molar-refractivity contribution in [2.75, 3.05) is 11.6 Å². The molecule has 0 aliphatic heterocycles. The minimum Gasteiger partial charge on any atom is -0.382 e. The van der Waals surface area contributed by atoms with Crippen LogP contribution in [0.1, 0.15) is 19.2 Å². The standard InChI is InChI=1S/C12H15BrN4/c1-2-4-10-16-11(12(14)17(10)15)8-5-3-6-9(13)7-8/h3,5-7H,2,4,14-15H2,1H3. The molecule has 0 saturated carbocycles. The third kappa shape index (κ3) is 2.29. The van der Waals surface area contributed by atoms with Crippen molar-refractivity contribution in [2.24, 2.45) is 0 Å². The van der Waals surface area contributed by atoms with Crippen LogP contribution in [0.25, 0.3) is 11.3 Å². The third-order valence-corrected chi connectivity index (χ3v) is 3.09. The summed E-state index contributed by atoms with van der Waals surface area (Å²) in [4.78, 5) is 4.50. The van der Waals surface area contributed by atoms with Crippen molar-refractivity contribution in [3.8, 4) is 11.3 Å². The smallest absolute Gasteiger partial charge is 0.150 e. The Labute approximate surface area is 109 Å². The first kappa shape index (κ1) is 12.0. The summed E-state index contributed by atoms with van der Waals surface area (Å²) in [5.74, 6) is 7.21. The van der Waals surface area contributed by atoms with Gasteiger partial charge in [-0.05, 0) is 18.6 Å². The van der Waals surface area contributed by atoms with E-state index in [2.05, 4.69) is 27.8 Å². The number of nitrogens with two attached hydrogens (primary N) is 2. The maximum atomic E-state index is 5.98. The Bertz CT molecular complexity index is 533. The number of nitrogen functional groups attached to an aromatic ring is 2. The number of hydrogen-bond donors (Lipinski definition) is 2. The average molecular weight is 295 g/mol. The number of anilines is 1. The highest BCUT2D eigenvalue weighted by Crippen LogP contribution is 2.27. The van der Waals surface area contributed by atoms with Gasteiger partial charge in [0.15, 0.2) is 5.82 Å². The van der Waals surface area contributed by atoms with E-state index in [-0.39, 0.29) is 0 Å². The van der Waals surface area contributed by atoms with E-state index in [1.54, 1.807) is 0 Å². The molecule has 0 radical (unpaired) electrons. The quantitative estimate of drug-likeness (QED) is 0.855. The van der Waals surface area contributed by atoms with Gasteiger partial charge >= 0.3 is 0 Å². The summed E-state index contributed by atoms with van der Waals surface area (Å²) in [7, 11) is 0. The lowest BCUT2D eigenvalue weighted by molar-refractivity contribution is 0.794. The largest absolute Gasteiger partial charge is 0.382 e. The molecule has 90 valence electrons. The van der Waals surface area contributed by atoms with Gasteiger partial charge < -0.3 is 11.6 Å². The Balaban J connectivity index is 2.49. The number of halogens is 1. The molecule has 2 rings (SSSR count). The van der Waals surface area contributed by atoms with Gasteiger partial charge in [-0.1, -0.05) is 35.0 Å². The number of benzene rings is 1. The van der Waals surface area contributed by atoms with Crippen molar-refractivity contribution in [2.45, 2.75) is 19.8 Å². The zero-order valence-electron chi connectivity index (χ0n) is 9.65.